The van der Waals surface area contributed by atoms with Crippen molar-refractivity contribution in [3.05, 3.63) is 59.7 Å². The van der Waals surface area contributed by atoms with Crippen molar-refractivity contribution in [3.63, 3.8) is 0 Å². The molecule has 1 N–H and O–H groups in total. The van der Waals surface area contributed by atoms with E-state index in [0.29, 0.717) is 11.3 Å². The summed E-state index contributed by atoms with van der Waals surface area (Å²) >= 11 is 0. The second-order valence-electron chi connectivity index (χ2n) is 9.94. The molecular formula is C25H33NO2. The fourth-order valence-corrected chi connectivity index (χ4v) is 5.31. The summed E-state index contributed by atoms with van der Waals surface area (Å²) in [4.78, 5) is 13.5. The van der Waals surface area contributed by atoms with E-state index in [1.165, 1.54) is 11.1 Å². The Labute approximate surface area is 169 Å². The Balaban J connectivity index is 1.68. The molecule has 1 heterocycles. The van der Waals surface area contributed by atoms with Crippen LogP contribution < -0.4 is 5.32 Å². The number of carbonyl (C=O) groups excluding carboxylic acids is 1. The summed E-state index contributed by atoms with van der Waals surface area (Å²) in [6.07, 6.45) is 10.1. The van der Waals surface area contributed by atoms with Crippen LogP contribution in [0.5, 0.6) is 0 Å². The lowest BCUT2D eigenvalue weighted by atomic mass is 9.70. The Morgan fingerprint density at radius 3 is 2.43 bits per heavy atom. The van der Waals surface area contributed by atoms with E-state index in [1.807, 2.05) is 26.8 Å². The van der Waals surface area contributed by atoms with Crippen molar-refractivity contribution in [1.82, 2.24) is 5.32 Å². The highest BCUT2D eigenvalue weighted by molar-refractivity contribution is 5.84. The predicted octanol–water partition coefficient (Wildman–Crippen LogP) is 5.00. The number of nitrogens with one attached hydrogen (secondary N) is 1. The van der Waals surface area contributed by atoms with Gasteiger partial charge in [0.1, 0.15) is 11.0 Å². The molecule has 0 aromatic heterocycles. The average molecular weight is 380 g/mol. The van der Waals surface area contributed by atoms with Gasteiger partial charge in [0.15, 0.2) is 0 Å². The van der Waals surface area contributed by atoms with Gasteiger partial charge in [0, 0.05) is 5.92 Å². The number of esters is 1. The average Bonchev–Trinajstić information content (AvgIpc) is 3.34. The zero-order valence-electron chi connectivity index (χ0n) is 17.6. The molecule has 2 fully saturated rings. The molecule has 1 saturated carbocycles. The molecular weight excluding hydrogens is 346 g/mol. The third-order valence-corrected chi connectivity index (χ3v) is 6.80. The van der Waals surface area contributed by atoms with Crippen LogP contribution in [0.2, 0.25) is 0 Å². The number of hydrogen-bond donors (Lipinski definition) is 1. The summed E-state index contributed by atoms with van der Waals surface area (Å²) in [6.45, 7) is 10.2. The number of carbonyl (C=O) groups is 1. The minimum atomic E-state index is -0.625. The van der Waals surface area contributed by atoms with Crippen molar-refractivity contribution >= 4 is 5.97 Å². The SMILES string of the molecule is CC1=CC(C(=O)OC(C)(C)C)(C2CC23CCNCC3)C=CC1c1ccccc1. The first kappa shape index (κ1) is 19.4. The van der Waals surface area contributed by atoms with Gasteiger partial charge in [-0.05, 0) is 76.9 Å². The molecule has 28 heavy (non-hydrogen) atoms. The molecule has 1 saturated heterocycles. The molecule has 0 radical (unpaired) electrons. The van der Waals surface area contributed by atoms with Crippen molar-refractivity contribution in [2.75, 3.05) is 13.1 Å². The lowest BCUT2D eigenvalue weighted by Crippen LogP contribution is -2.41. The van der Waals surface area contributed by atoms with Crippen molar-refractivity contribution in [2.45, 2.75) is 58.5 Å². The van der Waals surface area contributed by atoms with E-state index in [4.69, 9.17) is 4.74 Å². The molecule has 0 amide bonds. The molecule has 4 rings (SSSR count). The van der Waals surface area contributed by atoms with E-state index >= 15 is 0 Å². The van der Waals surface area contributed by atoms with Gasteiger partial charge in [-0.25, -0.2) is 0 Å². The van der Waals surface area contributed by atoms with Gasteiger partial charge in [-0.2, -0.15) is 0 Å². The topological polar surface area (TPSA) is 38.3 Å². The summed E-state index contributed by atoms with van der Waals surface area (Å²) in [7, 11) is 0. The number of allylic oxidation sites excluding steroid dienone is 2. The van der Waals surface area contributed by atoms with Crippen LogP contribution in [0.4, 0.5) is 0 Å². The summed E-state index contributed by atoms with van der Waals surface area (Å²) in [6, 6.07) is 10.5. The second-order valence-corrected chi connectivity index (χ2v) is 9.94. The maximum Gasteiger partial charge on any atom is 0.320 e. The smallest absolute Gasteiger partial charge is 0.320 e. The van der Waals surface area contributed by atoms with Gasteiger partial charge in [0.2, 0.25) is 0 Å². The number of benzene rings is 1. The van der Waals surface area contributed by atoms with Gasteiger partial charge < -0.3 is 10.1 Å². The minimum Gasteiger partial charge on any atom is -0.459 e. The number of rotatable bonds is 3. The summed E-state index contributed by atoms with van der Waals surface area (Å²) in [5, 5.41) is 3.47. The zero-order chi connectivity index (χ0) is 20.0. The molecule has 3 aliphatic rings. The van der Waals surface area contributed by atoms with E-state index in [-0.39, 0.29) is 11.9 Å². The van der Waals surface area contributed by atoms with Gasteiger partial charge in [-0.15, -0.1) is 0 Å². The summed E-state index contributed by atoms with van der Waals surface area (Å²) in [5.74, 6) is 0.502. The molecule has 1 aromatic carbocycles. The minimum absolute atomic E-state index is 0.0810. The third-order valence-electron chi connectivity index (χ3n) is 6.80. The van der Waals surface area contributed by atoms with Crippen molar-refractivity contribution < 1.29 is 9.53 Å². The molecule has 1 spiro atoms. The molecule has 3 unspecified atom stereocenters. The van der Waals surface area contributed by atoms with Crippen molar-refractivity contribution in [1.29, 1.82) is 0 Å². The molecule has 3 atom stereocenters. The molecule has 1 aromatic rings. The Hall–Kier alpha value is -1.87. The third kappa shape index (κ3) is 3.45. The van der Waals surface area contributed by atoms with Gasteiger partial charge in [-0.3, -0.25) is 4.79 Å². The number of hydrogen-bond acceptors (Lipinski definition) is 3. The van der Waals surface area contributed by atoms with E-state index in [2.05, 4.69) is 54.7 Å². The quantitative estimate of drug-likeness (QED) is 0.593. The lowest BCUT2D eigenvalue weighted by Gasteiger charge is -2.37. The fraction of sp³-hybridized carbons (Fsp3) is 0.560. The van der Waals surface area contributed by atoms with Crippen molar-refractivity contribution in [2.24, 2.45) is 16.7 Å². The molecule has 2 aliphatic carbocycles. The van der Waals surface area contributed by atoms with Crippen LogP contribution >= 0.6 is 0 Å². The fourth-order valence-electron chi connectivity index (χ4n) is 5.31. The first-order valence-corrected chi connectivity index (χ1v) is 10.6. The molecule has 1 aliphatic heterocycles. The first-order valence-electron chi connectivity index (χ1n) is 10.6. The van der Waals surface area contributed by atoms with Crippen LogP contribution in [0.1, 0.15) is 58.4 Å². The van der Waals surface area contributed by atoms with E-state index in [0.717, 1.165) is 32.4 Å². The number of piperidine rings is 1. The van der Waals surface area contributed by atoms with Crippen LogP contribution in [0.3, 0.4) is 0 Å². The highest BCUT2D eigenvalue weighted by Gasteiger charge is 2.65. The van der Waals surface area contributed by atoms with Gasteiger partial charge in [0.05, 0.1) is 0 Å². The maximum atomic E-state index is 13.5. The molecule has 0 bridgehead atoms. The summed E-state index contributed by atoms with van der Waals surface area (Å²) < 4.78 is 5.95. The van der Waals surface area contributed by atoms with Gasteiger partial charge in [-0.1, -0.05) is 54.1 Å². The molecule has 3 heteroatoms. The second kappa shape index (κ2) is 6.88. The maximum absolute atomic E-state index is 13.5. The zero-order valence-corrected chi connectivity index (χ0v) is 17.6. The Morgan fingerprint density at radius 2 is 1.82 bits per heavy atom. The largest absolute Gasteiger partial charge is 0.459 e. The van der Waals surface area contributed by atoms with E-state index in [9.17, 15) is 4.79 Å². The summed E-state index contributed by atoms with van der Waals surface area (Å²) in [5.41, 5.74) is 1.71. The Kier molecular flexibility index (Phi) is 4.78. The Morgan fingerprint density at radius 1 is 1.14 bits per heavy atom. The highest BCUT2D eigenvalue weighted by Crippen LogP contribution is 2.67. The standard InChI is InChI=1S/C25H33NO2/c1-18-16-25(22(27)28-23(2,3)4,21-17-24(21)12-14-26-15-13-24)11-10-20(18)19-8-6-5-7-9-19/h5-11,16,20-21,26H,12-15,17H2,1-4H3. The normalized spacial score (nSPS) is 31.4. The van der Waals surface area contributed by atoms with E-state index in [1.54, 1.807) is 0 Å². The van der Waals surface area contributed by atoms with Crippen molar-refractivity contribution in [3.8, 4) is 0 Å². The predicted molar refractivity (Wildman–Crippen MR) is 113 cm³/mol. The van der Waals surface area contributed by atoms with Crippen LogP contribution in [0.15, 0.2) is 54.1 Å². The highest BCUT2D eigenvalue weighted by atomic mass is 16.6. The lowest BCUT2D eigenvalue weighted by molar-refractivity contribution is -0.163. The first-order chi connectivity index (χ1) is 13.3. The van der Waals surface area contributed by atoms with Crippen LogP contribution in [-0.2, 0) is 9.53 Å². The van der Waals surface area contributed by atoms with Gasteiger partial charge in [0.25, 0.3) is 0 Å². The van der Waals surface area contributed by atoms with E-state index < -0.39 is 11.0 Å². The van der Waals surface area contributed by atoms with Crippen LogP contribution in [-0.4, -0.2) is 24.7 Å². The monoisotopic (exact) mass is 379 g/mol. The number of ether oxygens (including phenoxy) is 1. The van der Waals surface area contributed by atoms with Crippen LogP contribution in [0, 0.1) is 16.7 Å². The van der Waals surface area contributed by atoms with Crippen LogP contribution in [0.25, 0.3) is 0 Å². The molecule has 150 valence electrons. The molecule has 3 nitrogen and oxygen atoms in total. The van der Waals surface area contributed by atoms with Gasteiger partial charge >= 0.3 is 5.97 Å². The Bertz CT molecular complexity index is 796.